The number of nitrogens with zero attached hydrogens (tertiary/aromatic N) is 1. The Kier molecular flexibility index (Phi) is 4.66. The van der Waals surface area contributed by atoms with Crippen LogP contribution in [-0.2, 0) is 0 Å². The molecule has 0 saturated carbocycles. The molecule has 0 saturated heterocycles. The highest BCUT2D eigenvalue weighted by molar-refractivity contribution is 9.10. The maximum Gasteiger partial charge on any atom is 0.127 e. The van der Waals surface area contributed by atoms with Gasteiger partial charge in [-0.25, -0.2) is 0 Å². The van der Waals surface area contributed by atoms with E-state index in [0.29, 0.717) is 0 Å². The van der Waals surface area contributed by atoms with Gasteiger partial charge < -0.3 is 4.74 Å². The first-order chi connectivity index (χ1) is 10.8. The molecule has 0 fully saturated rings. The average Bonchev–Trinajstić information content (AvgIpc) is 2.57. The summed E-state index contributed by atoms with van der Waals surface area (Å²) in [5.41, 5.74) is 1.95. The third-order valence-electron chi connectivity index (χ3n) is 3.05. The summed E-state index contributed by atoms with van der Waals surface area (Å²) in [6, 6.07) is 25.5. The number of halogens is 1. The van der Waals surface area contributed by atoms with Crippen molar-refractivity contribution in [2.75, 3.05) is 0 Å². The quantitative estimate of drug-likeness (QED) is 0.528. The third kappa shape index (κ3) is 4.06. The Morgan fingerprint density at radius 2 is 1.36 bits per heavy atom. The second-order valence-electron chi connectivity index (χ2n) is 4.72. The SMILES string of the molecule is Brc1ccc(C=Nc2ccc(Oc3ccccc3)cc2)cc1. The van der Waals surface area contributed by atoms with E-state index in [1.54, 1.807) is 0 Å². The lowest BCUT2D eigenvalue weighted by molar-refractivity contribution is 0.483. The molecule has 0 aromatic heterocycles. The standard InChI is InChI=1S/C19H14BrNO/c20-16-8-6-15(7-9-16)14-21-17-10-12-19(13-11-17)22-18-4-2-1-3-5-18/h1-14H. The number of aliphatic imine (C=N–C) groups is 1. The van der Waals surface area contributed by atoms with Crippen LogP contribution in [0.2, 0.25) is 0 Å². The molecule has 0 atom stereocenters. The average molecular weight is 352 g/mol. The Labute approximate surface area is 138 Å². The van der Waals surface area contributed by atoms with Gasteiger partial charge in [0, 0.05) is 10.7 Å². The lowest BCUT2D eigenvalue weighted by Gasteiger charge is -2.05. The van der Waals surface area contributed by atoms with E-state index in [0.717, 1.165) is 27.2 Å². The molecule has 0 N–H and O–H groups in total. The molecule has 0 spiro atoms. The summed E-state index contributed by atoms with van der Waals surface area (Å²) in [6.45, 7) is 0. The van der Waals surface area contributed by atoms with Crippen LogP contribution in [0, 0.1) is 0 Å². The summed E-state index contributed by atoms with van der Waals surface area (Å²) in [5, 5.41) is 0. The largest absolute Gasteiger partial charge is 0.457 e. The zero-order chi connectivity index (χ0) is 15.2. The van der Waals surface area contributed by atoms with E-state index in [-0.39, 0.29) is 0 Å². The van der Waals surface area contributed by atoms with E-state index in [1.165, 1.54) is 0 Å². The molecule has 0 radical (unpaired) electrons. The van der Waals surface area contributed by atoms with Gasteiger partial charge in [-0.3, -0.25) is 4.99 Å². The minimum absolute atomic E-state index is 0.800. The van der Waals surface area contributed by atoms with Crippen LogP contribution in [0.5, 0.6) is 11.5 Å². The van der Waals surface area contributed by atoms with Gasteiger partial charge in [0.1, 0.15) is 11.5 Å². The van der Waals surface area contributed by atoms with Crippen molar-refractivity contribution in [3.63, 3.8) is 0 Å². The maximum absolute atomic E-state index is 5.75. The number of hydrogen-bond donors (Lipinski definition) is 0. The molecule has 3 rings (SSSR count). The molecule has 3 aromatic rings. The molecule has 0 aliphatic heterocycles. The summed E-state index contributed by atoms with van der Waals surface area (Å²) in [7, 11) is 0. The van der Waals surface area contributed by atoms with Gasteiger partial charge in [-0.2, -0.15) is 0 Å². The predicted octanol–water partition coefficient (Wildman–Crippen LogP) is 5.99. The van der Waals surface area contributed by atoms with Crippen LogP contribution in [0.4, 0.5) is 5.69 Å². The zero-order valence-electron chi connectivity index (χ0n) is 11.8. The van der Waals surface area contributed by atoms with Crippen molar-refractivity contribution in [2.24, 2.45) is 4.99 Å². The van der Waals surface area contributed by atoms with Crippen LogP contribution in [0.15, 0.2) is 88.3 Å². The number of hydrogen-bond acceptors (Lipinski definition) is 2. The molecular formula is C19H14BrNO. The van der Waals surface area contributed by atoms with E-state index in [9.17, 15) is 0 Å². The molecule has 0 aliphatic carbocycles. The summed E-state index contributed by atoms with van der Waals surface area (Å²) in [5.74, 6) is 1.63. The third-order valence-corrected chi connectivity index (χ3v) is 3.58. The lowest BCUT2D eigenvalue weighted by atomic mass is 10.2. The van der Waals surface area contributed by atoms with Gasteiger partial charge in [0.05, 0.1) is 5.69 Å². The highest BCUT2D eigenvalue weighted by Crippen LogP contribution is 2.23. The van der Waals surface area contributed by atoms with Crippen LogP contribution in [0.3, 0.4) is 0 Å². The molecule has 0 heterocycles. The summed E-state index contributed by atoms with van der Waals surface area (Å²) in [6.07, 6.45) is 1.85. The van der Waals surface area contributed by atoms with Crippen LogP contribution in [0.1, 0.15) is 5.56 Å². The first-order valence-electron chi connectivity index (χ1n) is 6.92. The Hall–Kier alpha value is -2.39. The molecule has 0 aliphatic rings. The van der Waals surface area contributed by atoms with Crippen LogP contribution >= 0.6 is 15.9 Å². The van der Waals surface area contributed by atoms with E-state index in [1.807, 2.05) is 85.1 Å². The normalized spacial score (nSPS) is 10.8. The summed E-state index contributed by atoms with van der Waals surface area (Å²) >= 11 is 3.42. The Bertz CT molecular complexity index is 750. The van der Waals surface area contributed by atoms with Crippen molar-refractivity contribution in [3.8, 4) is 11.5 Å². The number of ether oxygens (including phenoxy) is 1. The number of para-hydroxylation sites is 1. The van der Waals surface area contributed by atoms with Gasteiger partial charge in [0.2, 0.25) is 0 Å². The van der Waals surface area contributed by atoms with E-state index in [2.05, 4.69) is 20.9 Å². The molecule has 22 heavy (non-hydrogen) atoms. The van der Waals surface area contributed by atoms with Crippen molar-refractivity contribution >= 4 is 27.8 Å². The van der Waals surface area contributed by atoms with Gasteiger partial charge in [-0.1, -0.05) is 46.3 Å². The van der Waals surface area contributed by atoms with Crippen molar-refractivity contribution in [3.05, 3.63) is 88.9 Å². The molecule has 0 bridgehead atoms. The highest BCUT2D eigenvalue weighted by Gasteiger charge is 1.96. The fourth-order valence-electron chi connectivity index (χ4n) is 1.92. The van der Waals surface area contributed by atoms with Crippen molar-refractivity contribution < 1.29 is 4.74 Å². The van der Waals surface area contributed by atoms with Crippen molar-refractivity contribution in [2.45, 2.75) is 0 Å². The Balaban J connectivity index is 1.67. The number of benzene rings is 3. The van der Waals surface area contributed by atoms with E-state index < -0.39 is 0 Å². The van der Waals surface area contributed by atoms with Crippen LogP contribution < -0.4 is 4.74 Å². The molecule has 3 heteroatoms. The molecule has 2 nitrogen and oxygen atoms in total. The van der Waals surface area contributed by atoms with Crippen molar-refractivity contribution in [1.29, 1.82) is 0 Å². The first-order valence-corrected chi connectivity index (χ1v) is 7.71. The number of rotatable bonds is 4. The smallest absolute Gasteiger partial charge is 0.127 e. The second kappa shape index (κ2) is 7.05. The van der Waals surface area contributed by atoms with Gasteiger partial charge in [0.25, 0.3) is 0 Å². The van der Waals surface area contributed by atoms with Gasteiger partial charge in [-0.15, -0.1) is 0 Å². The topological polar surface area (TPSA) is 21.6 Å². The predicted molar refractivity (Wildman–Crippen MR) is 94.4 cm³/mol. The first kappa shape index (κ1) is 14.5. The molecular weight excluding hydrogens is 338 g/mol. The van der Waals surface area contributed by atoms with E-state index in [4.69, 9.17) is 4.74 Å². The Morgan fingerprint density at radius 1 is 0.727 bits per heavy atom. The van der Waals surface area contributed by atoms with Gasteiger partial charge in [-0.05, 0) is 54.1 Å². The zero-order valence-corrected chi connectivity index (χ0v) is 13.4. The van der Waals surface area contributed by atoms with Gasteiger partial charge >= 0.3 is 0 Å². The summed E-state index contributed by atoms with van der Waals surface area (Å²) in [4.78, 5) is 4.46. The molecule has 0 unspecified atom stereocenters. The van der Waals surface area contributed by atoms with Gasteiger partial charge in [0.15, 0.2) is 0 Å². The van der Waals surface area contributed by atoms with Crippen LogP contribution in [-0.4, -0.2) is 6.21 Å². The summed E-state index contributed by atoms with van der Waals surface area (Å²) < 4.78 is 6.81. The minimum Gasteiger partial charge on any atom is -0.457 e. The Morgan fingerprint density at radius 3 is 2.05 bits per heavy atom. The second-order valence-corrected chi connectivity index (χ2v) is 5.63. The molecule has 108 valence electrons. The monoisotopic (exact) mass is 351 g/mol. The minimum atomic E-state index is 0.800. The molecule has 0 amide bonds. The van der Waals surface area contributed by atoms with Crippen molar-refractivity contribution in [1.82, 2.24) is 0 Å². The fraction of sp³-hybridized carbons (Fsp3) is 0. The fourth-order valence-corrected chi connectivity index (χ4v) is 2.19. The maximum atomic E-state index is 5.75. The molecule has 3 aromatic carbocycles. The highest BCUT2D eigenvalue weighted by atomic mass is 79.9. The lowest BCUT2D eigenvalue weighted by Crippen LogP contribution is -1.83. The van der Waals surface area contributed by atoms with Crippen LogP contribution in [0.25, 0.3) is 0 Å². The van der Waals surface area contributed by atoms with E-state index >= 15 is 0 Å².